The van der Waals surface area contributed by atoms with Gasteiger partial charge in [0.2, 0.25) is 0 Å². The van der Waals surface area contributed by atoms with Gasteiger partial charge < -0.3 is 14.5 Å². The van der Waals surface area contributed by atoms with Crippen LogP contribution in [0.3, 0.4) is 0 Å². The number of ether oxygens (including phenoxy) is 1. The molecule has 114 valence electrons. The summed E-state index contributed by atoms with van der Waals surface area (Å²) < 4.78 is 24.9. The molecule has 0 fully saturated rings. The van der Waals surface area contributed by atoms with Crippen molar-refractivity contribution in [2.45, 2.75) is 40.0 Å². The first-order valence-electron chi connectivity index (χ1n) is 6.85. The zero-order valence-corrected chi connectivity index (χ0v) is 14.0. The quantitative estimate of drug-likeness (QED) is 0.824. The molecule has 0 spiro atoms. The molecular formula is C16H19BrFNO2. The van der Waals surface area contributed by atoms with Crippen LogP contribution < -0.4 is 10.1 Å². The molecule has 0 aliphatic rings. The van der Waals surface area contributed by atoms with E-state index in [2.05, 4.69) is 35.1 Å². The van der Waals surface area contributed by atoms with Crippen LogP contribution >= 0.6 is 15.9 Å². The molecule has 2 aromatic rings. The Bertz CT molecular complexity index is 610. The lowest BCUT2D eigenvalue weighted by Gasteiger charge is -2.06. The van der Waals surface area contributed by atoms with Gasteiger partial charge in [-0.15, -0.1) is 0 Å². The summed E-state index contributed by atoms with van der Waals surface area (Å²) in [7, 11) is 0. The fraction of sp³-hybridized carbons (Fsp3) is 0.375. The van der Waals surface area contributed by atoms with Crippen LogP contribution in [0.4, 0.5) is 4.39 Å². The van der Waals surface area contributed by atoms with E-state index in [-0.39, 0.29) is 5.82 Å². The highest BCUT2D eigenvalue weighted by molar-refractivity contribution is 9.10. The van der Waals surface area contributed by atoms with Gasteiger partial charge in [0.05, 0.1) is 4.47 Å². The molecule has 5 heteroatoms. The first-order valence-corrected chi connectivity index (χ1v) is 7.64. The minimum absolute atomic E-state index is 0.301. The van der Waals surface area contributed by atoms with E-state index in [1.54, 1.807) is 6.07 Å². The molecule has 0 amide bonds. The molecule has 0 aliphatic carbocycles. The first-order chi connectivity index (χ1) is 9.95. The van der Waals surface area contributed by atoms with Crippen molar-refractivity contribution in [2.75, 3.05) is 0 Å². The van der Waals surface area contributed by atoms with Gasteiger partial charge >= 0.3 is 0 Å². The fourth-order valence-corrected chi connectivity index (χ4v) is 2.35. The lowest BCUT2D eigenvalue weighted by Crippen LogP contribution is -2.21. The number of halogens is 2. The summed E-state index contributed by atoms with van der Waals surface area (Å²) in [6.45, 7) is 7.23. The van der Waals surface area contributed by atoms with Gasteiger partial charge in [-0.2, -0.15) is 0 Å². The Balaban J connectivity index is 1.98. The summed E-state index contributed by atoms with van der Waals surface area (Å²) in [6.07, 6.45) is 0. The van der Waals surface area contributed by atoms with Crippen LogP contribution in [0, 0.1) is 12.7 Å². The second kappa shape index (κ2) is 7.09. The normalized spacial score (nSPS) is 11.1. The summed E-state index contributed by atoms with van der Waals surface area (Å²) in [4.78, 5) is 0. The Morgan fingerprint density at radius 3 is 2.76 bits per heavy atom. The van der Waals surface area contributed by atoms with Crippen molar-refractivity contribution in [3.05, 3.63) is 51.6 Å². The van der Waals surface area contributed by atoms with Crippen molar-refractivity contribution < 1.29 is 13.5 Å². The molecule has 3 nitrogen and oxygen atoms in total. The third-order valence-electron chi connectivity index (χ3n) is 3.04. The number of benzene rings is 1. The van der Waals surface area contributed by atoms with Crippen molar-refractivity contribution in [2.24, 2.45) is 0 Å². The second-order valence-corrected chi connectivity index (χ2v) is 6.05. The van der Waals surface area contributed by atoms with Gasteiger partial charge in [0.25, 0.3) is 0 Å². The predicted octanol–water partition coefficient (Wildman–Crippen LogP) is 4.57. The summed E-state index contributed by atoms with van der Waals surface area (Å²) in [5.41, 5.74) is 1.13. The van der Waals surface area contributed by atoms with Gasteiger partial charge in [-0.1, -0.05) is 13.8 Å². The predicted molar refractivity (Wildman–Crippen MR) is 83.9 cm³/mol. The molecule has 0 saturated carbocycles. The molecule has 0 radical (unpaired) electrons. The number of rotatable bonds is 6. The first kappa shape index (κ1) is 16.0. The highest BCUT2D eigenvalue weighted by Gasteiger charge is 2.09. The van der Waals surface area contributed by atoms with E-state index in [1.165, 1.54) is 12.1 Å². The second-order valence-electron chi connectivity index (χ2n) is 5.19. The number of hydrogen-bond acceptors (Lipinski definition) is 3. The monoisotopic (exact) mass is 355 g/mol. The van der Waals surface area contributed by atoms with Crippen molar-refractivity contribution in [3.63, 3.8) is 0 Å². The van der Waals surface area contributed by atoms with E-state index >= 15 is 0 Å². The molecular weight excluding hydrogens is 337 g/mol. The lowest BCUT2D eigenvalue weighted by molar-refractivity contribution is 0.265. The minimum Gasteiger partial charge on any atom is -0.484 e. The molecule has 0 atom stereocenters. The van der Waals surface area contributed by atoms with E-state index in [1.807, 2.05) is 13.0 Å². The molecule has 2 rings (SSSR count). The van der Waals surface area contributed by atoms with Gasteiger partial charge in [-0.3, -0.25) is 0 Å². The Labute approximate surface area is 132 Å². The number of nitrogens with one attached hydrogen (secondary N) is 1. The van der Waals surface area contributed by atoms with E-state index in [0.717, 1.165) is 23.6 Å². The molecule has 1 N–H and O–H groups in total. The highest BCUT2D eigenvalue weighted by atomic mass is 79.9. The average molecular weight is 356 g/mol. The van der Waals surface area contributed by atoms with Crippen LogP contribution in [-0.2, 0) is 13.2 Å². The highest BCUT2D eigenvalue weighted by Crippen LogP contribution is 2.26. The van der Waals surface area contributed by atoms with Gasteiger partial charge in [0, 0.05) is 18.2 Å². The topological polar surface area (TPSA) is 34.4 Å². The van der Waals surface area contributed by atoms with Crippen LogP contribution in [0.25, 0.3) is 0 Å². The summed E-state index contributed by atoms with van der Waals surface area (Å²) in [5, 5.41) is 3.36. The zero-order chi connectivity index (χ0) is 15.4. The Hall–Kier alpha value is -1.33. The molecule has 1 heterocycles. The van der Waals surface area contributed by atoms with Crippen LogP contribution in [-0.4, -0.2) is 6.04 Å². The Kier molecular flexibility index (Phi) is 5.42. The zero-order valence-electron chi connectivity index (χ0n) is 12.4. The fourth-order valence-electron chi connectivity index (χ4n) is 1.89. The molecule has 0 aliphatic heterocycles. The smallest absolute Gasteiger partial charge is 0.146 e. The molecule has 1 aromatic heterocycles. The van der Waals surface area contributed by atoms with Gasteiger partial charge in [-0.25, -0.2) is 4.39 Å². The van der Waals surface area contributed by atoms with Gasteiger partial charge in [0.15, 0.2) is 0 Å². The van der Waals surface area contributed by atoms with Crippen LogP contribution in [0.15, 0.2) is 33.2 Å². The minimum atomic E-state index is -0.301. The molecule has 0 bridgehead atoms. The van der Waals surface area contributed by atoms with E-state index in [9.17, 15) is 4.39 Å². The number of hydrogen-bond donors (Lipinski definition) is 1. The van der Waals surface area contributed by atoms with Crippen molar-refractivity contribution in [1.82, 2.24) is 5.32 Å². The van der Waals surface area contributed by atoms with Crippen LogP contribution in [0.1, 0.15) is 30.9 Å². The summed E-state index contributed by atoms with van der Waals surface area (Å²) in [5.74, 6) is 1.93. The molecule has 0 unspecified atom stereocenters. The standard InChI is InChI=1S/C16H19BrFNO2/c1-10(2)19-8-12-6-14(21-11(12)3)9-20-16-5-4-13(18)7-15(16)17/h4-7,10,19H,8-9H2,1-3H3. The molecule has 1 aromatic carbocycles. The maximum absolute atomic E-state index is 13.0. The Morgan fingerprint density at radius 2 is 2.10 bits per heavy atom. The third-order valence-corrected chi connectivity index (χ3v) is 3.66. The average Bonchev–Trinajstić information content (AvgIpc) is 2.76. The maximum atomic E-state index is 13.0. The van der Waals surface area contributed by atoms with Gasteiger partial charge in [0.1, 0.15) is 29.7 Å². The lowest BCUT2D eigenvalue weighted by atomic mass is 10.2. The maximum Gasteiger partial charge on any atom is 0.146 e. The number of aryl methyl sites for hydroxylation is 1. The molecule has 0 saturated heterocycles. The van der Waals surface area contributed by atoms with E-state index in [4.69, 9.17) is 9.15 Å². The Morgan fingerprint density at radius 1 is 1.33 bits per heavy atom. The van der Waals surface area contributed by atoms with Crippen LogP contribution in [0.5, 0.6) is 5.75 Å². The summed E-state index contributed by atoms with van der Waals surface area (Å²) >= 11 is 3.28. The van der Waals surface area contributed by atoms with E-state index in [0.29, 0.717) is 22.9 Å². The third kappa shape index (κ3) is 4.58. The van der Waals surface area contributed by atoms with Crippen molar-refractivity contribution in [1.29, 1.82) is 0 Å². The van der Waals surface area contributed by atoms with Crippen molar-refractivity contribution in [3.8, 4) is 5.75 Å². The van der Waals surface area contributed by atoms with Crippen LogP contribution in [0.2, 0.25) is 0 Å². The number of furan rings is 1. The SMILES string of the molecule is Cc1oc(COc2ccc(F)cc2Br)cc1CNC(C)C. The summed E-state index contributed by atoms with van der Waals surface area (Å²) in [6, 6.07) is 6.75. The molecule has 21 heavy (non-hydrogen) atoms. The van der Waals surface area contributed by atoms with Gasteiger partial charge in [-0.05, 0) is 47.1 Å². The largest absolute Gasteiger partial charge is 0.484 e. The van der Waals surface area contributed by atoms with Crippen molar-refractivity contribution >= 4 is 15.9 Å². The van der Waals surface area contributed by atoms with E-state index < -0.39 is 0 Å².